The number of ether oxygens (including phenoxy) is 1. The van der Waals surface area contributed by atoms with Crippen molar-refractivity contribution < 1.29 is 4.74 Å². The van der Waals surface area contributed by atoms with Crippen LogP contribution in [0.5, 0.6) is 11.5 Å². The van der Waals surface area contributed by atoms with Crippen LogP contribution < -0.4 is 16.0 Å². The monoisotopic (exact) mass is 347 g/mol. The van der Waals surface area contributed by atoms with Crippen molar-refractivity contribution in [2.24, 2.45) is 0 Å². The van der Waals surface area contributed by atoms with Gasteiger partial charge in [0.15, 0.2) is 11.2 Å². The number of H-pyrrole nitrogens is 1. The molecule has 4 rings (SSSR count). The molecule has 0 atom stereocenters. The van der Waals surface area contributed by atoms with Crippen LogP contribution >= 0.6 is 0 Å². The Kier molecular flexibility index (Phi) is 4.10. The van der Waals surface area contributed by atoms with Crippen LogP contribution in [-0.4, -0.2) is 19.5 Å². The van der Waals surface area contributed by atoms with Crippen molar-refractivity contribution in [3.05, 3.63) is 76.8 Å². The molecule has 0 fully saturated rings. The Morgan fingerprint density at radius 2 is 1.77 bits per heavy atom. The van der Waals surface area contributed by atoms with Crippen molar-refractivity contribution in [2.45, 2.75) is 13.0 Å². The highest BCUT2D eigenvalue weighted by atomic mass is 16.5. The van der Waals surface area contributed by atoms with E-state index in [0.29, 0.717) is 17.7 Å². The van der Waals surface area contributed by atoms with E-state index < -0.39 is 0 Å². The van der Waals surface area contributed by atoms with Crippen LogP contribution in [0.15, 0.2) is 65.7 Å². The van der Waals surface area contributed by atoms with E-state index in [1.807, 2.05) is 59.2 Å². The van der Waals surface area contributed by atoms with Gasteiger partial charge in [0.25, 0.3) is 5.56 Å². The lowest BCUT2D eigenvalue weighted by Crippen LogP contribution is -2.12. The molecule has 0 aliphatic rings. The molecule has 7 nitrogen and oxygen atoms in total. The summed E-state index contributed by atoms with van der Waals surface area (Å²) in [5.41, 5.74) is 7.23. The number of imidazole rings is 1. The third kappa shape index (κ3) is 3.27. The van der Waals surface area contributed by atoms with Gasteiger partial charge in [0.05, 0.1) is 6.33 Å². The molecule has 0 aliphatic heterocycles. The fourth-order valence-corrected chi connectivity index (χ4v) is 2.73. The summed E-state index contributed by atoms with van der Waals surface area (Å²) in [4.78, 5) is 22.5. The van der Waals surface area contributed by atoms with Crippen LogP contribution in [0.3, 0.4) is 0 Å². The normalized spacial score (nSPS) is 10.9. The van der Waals surface area contributed by atoms with Crippen molar-refractivity contribution in [3.63, 3.8) is 0 Å². The summed E-state index contributed by atoms with van der Waals surface area (Å²) in [5.74, 6) is 1.68. The van der Waals surface area contributed by atoms with Gasteiger partial charge >= 0.3 is 0 Å². The smallest absolute Gasteiger partial charge is 0.280 e. The molecule has 0 bridgehead atoms. The van der Waals surface area contributed by atoms with Gasteiger partial charge in [-0.05, 0) is 36.2 Å². The largest absolute Gasteiger partial charge is 0.457 e. The van der Waals surface area contributed by atoms with Gasteiger partial charge in [-0.1, -0.05) is 30.3 Å². The first-order valence-electron chi connectivity index (χ1n) is 8.21. The molecule has 0 spiro atoms. The van der Waals surface area contributed by atoms with E-state index in [0.717, 1.165) is 23.5 Å². The first-order valence-corrected chi connectivity index (χ1v) is 8.21. The predicted molar refractivity (Wildman–Crippen MR) is 99.2 cm³/mol. The molecule has 2 aromatic carbocycles. The number of nitrogens with zero attached hydrogens (tertiary/aromatic N) is 3. The minimum Gasteiger partial charge on any atom is -0.457 e. The van der Waals surface area contributed by atoms with E-state index in [-0.39, 0.29) is 11.5 Å². The Bertz CT molecular complexity index is 1080. The molecule has 3 N–H and O–H groups in total. The number of benzene rings is 2. The van der Waals surface area contributed by atoms with Gasteiger partial charge in [-0.15, -0.1) is 0 Å². The van der Waals surface area contributed by atoms with Crippen molar-refractivity contribution in [2.75, 3.05) is 5.73 Å². The lowest BCUT2D eigenvalue weighted by molar-refractivity contribution is 0.482. The number of nitrogen functional groups attached to an aromatic ring is 1. The van der Waals surface area contributed by atoms with Gasteiger partial charge in [-0.3, -0.25) is 9.78 Å². The van der Waals surface area contributed by atoms with E-state index >= 15 is 0 Å². The van der Waals surface area contributed by atoms with Crippen molar-refractivity contribution in [1.82, 2.24) is 19.5 Å². The highest BCUT2D eigenvalue weighted by Crippen LogP contribution is 2.21. The van der Waals surface area contributed by atoms with Crippen LogP contribution in [0, 0.1) is 0 Å². The van der Waals surface area contributed by atoms with Gasteiger partial charge in [0.2, 0.25) is 5.95 Å². The second-order valence-corrected chi connectivity index (χ2v) is 5.87. The Balaban J connectivity index is 1.46. The second-order valence-electron chi connectivity index (χ2n) is 5.87. The molecule has 130 valence electrons. The van der Waals surface area contributed by atoms with E-state index in [1.165, 1.54) is 0 Å². The summed E-state index contributed by atoms with van der Waals surface area (Å²) in [6, 6.07) is 17.6. The maximum atomic E-state index is 11.8. The van der Waals surface area contributed by atoms with Crippen LogP contribution in [0.4, 0.5) is 5.95 Å². The average Bonchev–Trinajstić information content (AvgIpc) is 3.05. The molecular formula is C19H17N5O2. The molecule has 0 amide bonds. The highest BCUT2D eigenvalue weighted by molar-refractivity contribution is 5.70. The van der Waals surface area contributed by atoms with Crippen LogP contribution in [-0.2, 0) is 13.0 Å². The highest BCUT2D eigenvalue weighted by Gasteiger charge is 2.09. The molecule has 0 radical (unpaired) electrons. The summed E-state index contributed by atoms with van der Waals surface area (Å²) in [7, 11) is 0. The predicted octanol–water partition coefficient (Wildman–Crippen LogP) is 2.74. The Morgan fingerprint density at radius 1 is 1.04 bits per heavy atom. The number of aryl methyl sites for hydroxylation is 2. The van der Waals surface area contributed by atoms with Gasteiger partial charge in [0, 0.05) is 6.54 Å². The van der Waals surface area contributed by atoms with Crippen LogP contribution in [0.25, 0.3) is 11.2 Å². The number of aromatic nitrogens is 4. The maximum Gasteiger partial charge on any atom is 0.280 e. The van der Waals surface area contributed by atoms with E-state index in [2.05, 4.69) is 15.0 Å². The first kappa shape index (κ1) is 15.9. The SMILES string of the molecule is Nc1nc2c(ncn2CCc2ccc(Oc3ccccc3)cc2)c(=O)[nH]1. The van der Waals surface area contributed by atoms with Crippen LogP contribution in [0.2, 0.25) is 0 Å². The minimum absolute atomic E-state index is 0.0895. The van der Waals surface area contributed by atoms with E-state index in [1.54, 1.807) is 6.33 Å². The maximum absolute atomic E-state index is 11.8. The quantitative estimate of drug-likeness (QED) is 0.578. The van der Waals surface area contributed by atoms with Gasteiger partial charge in [-0.25, -0.2) is 4.98 Å². The number of nitrogens with two attached hydrogens (primary N) is 1. The number of hydrogen-bond acceptors (Lipinski definition) is 5. The van der Waals surface area contributed by atoms with Crippen molar-refractivity contribution in [1.29, 1.82) is 0 Å². The number of rotatable bonds is 5. The third-order valence-corrected chi connectivity index (χ3v) is 4.04. The van der Waals surface area contributed by atoms with Gasteiger partial charge in [0.1, 0.15) is 11.5 Å². The zero-order valence-corrected chi connectivity index (χ0v) is 13.9. The molecule has 26 heavy (non-hydrogen) atoms. The standard InChI is InChI=1S/C19H17N5O2/c20-19-22-17-16(18(25)23-19)21-12-24(17)11-10-13-6-8-15(9-7-13)26-14-4-2-1-3-5-14/h1-9,12H,10-11H2,(H3,20,22,23,25). The van der Waals surface area contributed by atoms with Crippen LogP contribution in [0.1, 0.15) is 5.56 Å². The molecule has 2 heterocycles. The van der Waals surface area contributed by atoms with E-state index in [4.69, 9.17) is 10.5 Å². The third-order valence-electron chi connectivity index (χ3n) is 4.04. The number of aromatic amines is 1. The van der Waals surface area contributed by atoms with Gasteiger partial charge in [-0.2, -0.15) is 4.98 Å². The molecule has 7 heteroatoms. The van der Waals surface area contributed by atoms with Crippen molar-refractivity contribution >= 4 is 17.1 Å². The lowest BCUT2D eigenvalue weighted by Gasteiger charge is -2.07. The summed E-state index contributed by atoms with van der Waals surface area (Å²) < 4.78 is 7.62. The molecule has 0 unspecified atom stereocenters. The molecule has 4 aromatic rings. The average molecular weight is 347 g/mol. The Hall–Kier alpha value is -3.61. The summed E-state index contributed by atoms with van der Waals surface area (Å²) >= 11 is 0. The molecule has 2 aromatic heterocycles. The minimum atomic E-state index is -0.325. The number of para-hydroxylation sites is 1. The first-order chi connectivity index (χ1) is 12.7. The second kappa shape index (κ2) is 6.72. The van der Waals surface area contributed by atoms with E-state index in [9.17, 15) is 4.79 Å². The fraction of sp³-hybridized carbons (Fsp3) is 0.105. The topological polar surface area (TPSA) is 98.8 Å². The summed E-state index contributed by atoms with van der Waals surface area (Å²) in [6.07, 6.45) is 2.38. The summed E-state index contributed by atoms with van der Waals surface area (Å²) in [5, 5.41) is 0. The number of anilines is 1. The molecule has 0 saturated heterocycles. The summed E-state index contributed by atoms with van der Waals surface area (Å²) in [6.45, 7) is 0.644. The van der Waals surface area contributed by atoms with Gasteiger partial charge < -0.3 is 15.0 Å². The zero-order valence-electron chi connectivity index (χ0n) is 13.9. The lowest BCUT2D eigenvalue weighted by atomic mass is 10.1. The molecule has 0 saturated carbocycles. The zero-order chi connectivity index (χ0) is 17.9. The van der Waals surface area contributed by atoms with Crippen molar-refractivity contribution in [3.8, 4) is 11.5 Å². The number of hydrogen-bond donors (Lipinski definition) is 2. The fourth-order valence-electron chi connectivity index (χ4n) is 2.73. The number of fused-ring (bicyclic) bond motifs is 1. The molecule has 0 aliphatic carbocycles. The Morgan fingerprint density at radius 3 is 2.54 bits per heavy atom. The Labute approximate surface area is 149 Å². The number of nitrogens with one attached hydrogen (secondary N) is 1. The molecular weight excluding hydrogens is 330 g/mol.